The average molecular weight is 206 g/mol. The zero-order chi connectivity index (χ0) is 10.6. The van der Waals surface area contributed by atoms with E-state index in [0.29, 0.717) is 18.3 Å². The SMILES string of the molecule is C[C@H]1CC2=CC(=O)C[C@@]23[C@@H]1CCC[C@@H]3O. The van der Waals surface area contributed by atoms with E-state index in [0.717, 1.165) is 19.3 Å². The van der Waals surface area contributed by atoms with E-state index in [4.69, 9.17) is 0 Å². The van der Waals surface area contributed by atoms with Gasteiger partial charge in [0.05, 0.1) is 6.10 Å². The van der Waals surface area contributed by atoms with Crippen molar-refractivity contribution in [1.82, 2.24) is 0 Å². The summed E-state index contributed by atoms with van der Waals surface area (Å²) >= 11 is 0. The summed E-state index contributed by atoms with van der Waals surface area (Å²) in [5.74, 6) is 1.45. The Kier molecular flexibility index (Phi) is 1.88. The van der Waals surface area contributed by atoms with Gasteiger partial charge < -0.3 is 5.11 Å². The van der Waals surface area contributed by atoms with Gasteiger partial charge in [-0.15, -0.1) is 0 Å². The van der Waals surface area contributed by atoms with E-state index in [1.807, 2.05) is 6.08 Å². The van der Waals surface area contributed by atoms with Crippen molar-refractivity contribution in [3.8, 4) is 0 Å². The maximum absolute atomic E-state index is 11.6. The van der Waals surface area contributed by atoms with Gasteiger partial charge in [-0.25, -0.2) is 0 Å². The van der Waals surface area contributed by atoms with Crippen molar-refractivity contribution in [2.24, 2.45) is 17.3 Å². The van der Waals surface area contributed by atoms with Gasteiger partial charge in [0.15, 0.2) is 5.78 Å². The summed E-state index contributed by atoms with van der Waals surface area (Å²) < 4.78 is 0. The van der Waals surface area contributed by atoms with Crippen LogP contribution in [0.1, 0.15) is 39.0 Å². The molecule has 0 radical (unpaired) electrons. The van der Waals surface area contributed by atoms with Crippen LogP contribution in [0.3, 0.4) is 0 Å². The minimum atomic E-state index is -0.265. The summed E-state index contributed by atoms with van der Waals surface area (Å²) in [6.45, 7) is 2.27. The number of hydrogen-bond donors (Lipinski definition) is 1. The number of carbonyl (C=O) groups is 1. The van der Waals surface area contributed by atoms with Gasteiger partial charge in [-0.05, 0) is 37.2 Å². The van der Waals surface area contributed by atoms with Crippen LogP contribution in [0.15, 0.2) is 11.6 Å². The van der Waals surface area contributed by atoms with Crippen LogP contribution >= 0.6 is 0 Å². The summed E-state index contributed by atoms with van der Waals surface area (Å²) in [5, 5.41) is 10.3. The Balaban J connectivity index is 2.08. The summed E-state index contributed by atoms with van der Waals surface area (Å²) in [5.41, 5.74) is 1.13. The third-order valence-corrected chi connectivity index (χ3v) is 4.88. The molecule has 0 aromatic rings. The lowest BCUT2D eigenvalue weighted by Crippen LogP contribution is -2.43. The number of carbonyl (C=O) groups excluding carboxylic acids is 1. The Hall–Kier alpha value is -0.630. The van der Waals surface area contributed by atoms with Crippen LogP contribution in [-0.2, 0) is 4.79 Å². The van der Waals surface area contributed by atoms with Crippen molar-refractivity contribution >= 4 is 5.78 Å². The third-order valence-electron chi connectivity index (χ3n) is 4.88. The van der Waals surface area contributed by atoms with Gasteiger partial charge in [0, 0.05) is 11.8 Å². The molecule has 82 valence electrons. The van der Waals surface area contributed by atoms with E-state index in [2.05, 4.69) is 6.92 Å². The normalized spacial score (nSPS) is 48.8. The Labute approximate surface area is 90.4 Å². The Morgan fingerprint density at radius 1 is 1.47 bits per heavy atom. The Bertz CT molecular complexity index is 344. The van der Waals surface area contributed by atoms with Crippen molar-refractivity contribution in [3.05, 3.63) is 11.6 Å². The molecule has 3 rings (SSSR count). The van der Waals surface area contributed by atoms with Crippen molar-refractivity contribution in [2.75, 3.05) is 0 Å². The molecule has 0 bridgehead atoms. The van der Waals surface area contributed by atoms with E-state index in [-0.39, 0.29) is 17.3 Å². The highest BCUT2D eigenvalue weighted by Crippen LogP contribution is 2.62. The number of aliphatic hydroxyl groups excluding tert-OH is 1. The first kappa shape index (κ1) is 9.59. The average Bonchev–Trinajstić information content (AvgIpc) is 2.60. The number of aliphatic hydroxyl groups is 1. The Morgan fingerprint density at radius 3 is 3.07 bits per heavy atom. The fraction of sp³-hybridized carbons (Fsp3) is 0.769. The first-order valence-electron chi connectivity index (χ1n) is 6.06. The van der Waals surface area contributed by atoms with Gasteiger partial charge in [-0.2, -0.15) is 0 Å². The molecule has 3 aliphatic carbocycles. The molecule has 0 amide bonds. The second-order valence-corrected chi connectivity index (χ2v) is 5.59. The summed E-state index contributed by atoms with van der Waals surface area (Å²) in [6.07, 6.45) is 6.38. The predicted molar refractivity (Wildman–Crippen MR) is 57.3 cm³/mol. The van der Waals surface area contributed by atoms with Crippen LogP contribution in [0.5, 0.6) is 0 Å². The minimum absolute atomic E-state index is 0.130. The number of rotatable bonds is 0. The van der Waals surface area contributed by atoms with Crippen LogP contribution in [0, 0.1) is 17.3 Å². The van der Waals surface area contributed by atoms with Crippen LogP contribution < -0.4 is 0 Å². The van der Waals surface area contributed by atoms with Gasteiger partial charge in [0.2, 0.25) is 0 Å². The molecule has 2 fully saturated rings. The first-order valence-corrected chi connectivity index (χ1v) is 6.06. The molecule has 4 atom stereocenters. The van der Waals surface area contributed by atoms with Gasteiger partial charge in [0.25, 0.3) is 0 Å². The van der Waals surface area contributed by atoms with Crippen LogP contribution in [0.25, 0.3) is 0 Å². The highest BCUT2D eigenvalue weighted by atomic mass is 16.3. The maximum Gasteiger partial charge on any atom is 0.156 e. The Morgan fingerprint density at radius 2 is 2.27 bits per heavy atom. The smallest absolute Gasteiger partial charge is 0.156 e. The van der Waals surface area contributed by atoms with Gasteiger partial charge in [-0.3, -0.25) is 4.79 Å². The minimum Gasteiger partial charge on any atom is -0.392 e. The van der Waals surface area contributed by atoms with E-state index in [9.17, 15) is 9.90 Å². The third kappa shape index (κ3) is 1.06. The molecule has 0 saturated heterocycles. The molecule has 1 N–H and O–H groups in total. The topological polar surface area (TPSA) is 37.3 Å². The summed E-state index contributed by atoms with van der Waals surface area (Å²) in [7, 11) is 0. The van der Waals surface area contributed by atoms with Crippen molar-refractivity contribution in [1.29, 1.82) is 0 Å². The molecular weight excluding hydrogens is 188 g/mol. The molecule has 0 unspecified atom stereocenters. The molecule has 2 nitrogen and oxygen atoms in total. The number of allylic oxidation sites excluding steroid dienone is 1. The molecule has 2 saturated carbocycles. The lowest BCUT2D eigenvalue weighted by atomic mass is 9.63. The van der Waals surface area contributed by atoms with Gasteiger partial charge >= 0.3 is 0 Å². The second-order valence-electron chi connectivity index (χ2n) is 5.59. The quantitative estimate of drug-likeness (QED) is 0.659. The van der Waals surface area contributed by atoms with Crippen LogP contribution in [0.4, 0.5) is 0 Å². The fourth-order valence-electron chi connectivity index (χ4n) is 4.31. The molecule has 0 aromatic carbocycles. The molecule has 0 aliphatic heterocycles. The molecular formula is C13H18O2. The monoisotopic (exact) mass is 206 g/mol. The second kappa shape index (κ2) is 2.94. The maximum atomic E-state index is 11.6. The van der Waals surface area contributed by atoms with Crippen molar-refractivity contribution in [2.45, 2.75) is 45.1 Å². The lowest BCUT2D eigenvalue weighted by molar-refractivity contribution is -0.118. The van der Waals surface area contributed by atoms with E-state index in [1.165, 1.54) is 12.0 Å². The van der Waals surface area contributed by atoms with Crippen molar-refractivity contribution in [3.63, 3.8) is 0 Å². The van der Waals surface area contributed by atoms with E-state index in [1.54, 1.807) is 0 Å². The lowest BCUT2D eigenvalue weighted by Gasteiger charge is -2.43. The van der Waals surface area contributed by atoms with Crippen LogP contribution in [-0.4, -0.2) is 17.0 Å². The predicted octanol–water partition coefficient (Wildman–Crippen LogP) is 2.07. The molecule has 0 aromatic heterocycles. The molecule has 3 aliphatic rings. The van der Waals surface area contributed by atoms with Gasteiger partial charge in [-0.1, -0.05) is 18.9 Å². The zero-order valence-electron chi connectivity index (χ0n) is 9.20. The summed E-state index contributed by atoms with van der Waals surface area (Å²) in [4.78, 5) is 11.6. The van der Waals surface area contributed by atoms with E-state index >= 15 is 0 Å². The fourth-order valence-corrected chi connectivity index (χ4v) is 4.31. The number of hydrogen-bond acceptors (Lipinski definition) is 2. The van der Waals surface area contributed by atoms with Gasteiger partial charge in [0.1, 0.15) is 0 Å². The van der Waals surface area contributed by atoms with Crippen molar-refractivity contribution < 1.29 is 9.90 Å². The molecule has 1 spiro atoms. The standard InChI is InChI=1S/C13H18O2/c1-8-5-9-6-10(14)7-13(9)11(8)3-2-4-12(13)15/h6,8,11-12,15H,2-5,7H2,1H3/t8-,11+,12-,13-/m0/s1. The zero-order valence-corrected chi connectivity index (χ0v) is 9.20. The largest absolute Gasteiger partial charge is 0.392 e. The van der Waals surface area contributed by atoms with Crippen LogP contribution in [0.2, 0.25) is 0 Å². The molecule has 2 heteroatoms. The molecule has 15 heavy (non-hydrogen) atoms. The number of ketones is 1. The van der Waals surface area contributed by atoms with E-state index < -0.39 is 0 Å². The summed E-state index contributed by atoms with van der Waals surface area (Å²) in [6, 6.07) is 0. The highest BCUT2D eigenvalue weighted by Gasteiger charge is 2.58. The highest BCUT2D eigenvalue weighted by molar-refractivity contribution is 5.95. The first-order chi connectivity index (χ1) is 7.14. The molecule has 0 heterocycles.